The quantitative estimate of drug-likeness (QED) is 0.817. The molecule has 140 valence electrons. The lowest BCUT2D eigenvalue weighted by molar-refractivity contribution is 0.105. The summed E-state index contributed by atoms with van der Waals surface area (Å²) in [7, 11) is 0. The largest absolute Gasteiger partial charge is 0.450 e. The topological polar surface area (TPSA) is 85.5 Å². The highest BCUT2D eigenvalue weighted by Gasteiger charge is 2.22. The molecule has 3 rings (SSSR count). The third kappa shape index (κ3) is 3.56. The van der Waals surface area contributed by atoms with Crippen LogP contribution < -0.4 is 10.6 Å². The van der Waals surface area contributed by atoms with E-state index in [4.69, 9.17) is 4.74 Å². The van der Waals surface area contributed by atoms with Crippen molar-refractivity contribution in [1.29, 1.82) is 0 Å². The van der Waals surface area contributed by atoms with Crippen LogP contribution in [0.2, 0.25) is 0 Å². The van der Waals surface area contributed by atoms with Gasteiger partial charge in [-0.3, -0.25) is 0 Å². The zero-order valence-corrected chi connectivity index (χ0v) is 15.3. The minimum atomic E-state index is -0.267. The lowest BCUT2D eigenvalue weighted by atomic mass is 10.3. The van der Waals surface area contributed by atoms with E-state index in [1.165, 1.54) is 15.6 Å². The summed E-state index contributed by atoms with van der Waals surface area (Å²) in [5, 5.41) is 4.12. The molecule has 0 bridgehead atoms. The molecular weight excluding hydrogens is 336 g/mol. The summed E-state index contributed by atoms with van der Waals surface area (Å²) in [6, 6.07) is 3.74. The van der Waals surface area contributed by atoms with Gasteiger partial charge in [-0.05, 0) is 32.9 Å². The Bertz CT molecular complexity index is 803. The van der Waals surface area contributed by atoms with Gasteiger partial charge in [0.2, 0.25) is 0 Å². The first-order valence-electron chi connectivity index (χ1n) is 8.80. The minimum Gasteiger partial charge on any atom is -0.450 e. The highest BCUT2D eigenvalue weighted by Crippen LogP contribution is 2.16. The smallest absolute Gasteiger partial charge is 0.409 e. The molecule has 2 aromatic rings. The molecule has 0 spiro atoms. The lowest BCUT2D eigenvalue weighted by Gasteiger charge is -2.34. The first kappa shape index (κ1) is 18.0. The second-order valence-electron chi connectivity index (χ2n) is 6.37. The molecule has 0 aliphatic carbocycles. The Hall–Kier alpha value is -2.84. The standard InChI is InChI=1S/C17H24N6O3/c1-4-26-17(25)21-9-7-20(8-10-21)15-6-5-14(11-18-15)22-12-19-23(13(2)3)16(22)24/h5-6,11-13H,4,7-10H2,1-3H3. The second-order valence-corrected chi connectivity index (χ2v) is 6.37. The van der Waals surface area contributed by atoms with Crippen molar-refractivity contribution in [3.8, 4) is 5.69 Å². The number of aromatic nitrogens is 4. The van der Waals surface area contributed by atoms with E-state index in [0.717, 1.165) is 5.82 Å². The molecule has 9 nitrogen and oxygen atoms in total. The van der Waals surface area contributed by atoms with E-state index in [2.05, 4.69) is 15.0 Å². The molecule has 1 aliphatic rings. The Labute approximate surface area is 151 Å². The van der Waals surface area contributed by atoms with E-state index in [9.17, 15) is 9.59 Å². The fraction of sp³-hybridized carbons (Fsp3) is 0.529. The summed E-state index contributed by atoms with van der Waals surface area (Å²) in [6.07, 6.45) is 2.91. The molecule has 1 saturated heterocycles. The van der Waals surface area contributed by atoms with Crippen LogP contribution in [0.25, 0.3) is 5.69 Å². The summed E-state index contributed by atoms with van der Waals surface area (Å²) in [5.74, 6) is 0.821. The number of carbonyl (C=O) groups excluding carboxylic acids is 1. The van der Waals surface area contributed by atoms with Crippen molar-refractivity contribution in [1.82, 2.24) is 24.2 Å². The van der Waals surface area contributed by atoms with Gasteiger partial charge in [-0.1, -0.05) is 0 Å². The number of amides is 1. The molecule has 2 aromatic heterocycles. The van der Waals surface area contributed by atoms with Gasteiger partial charge >= 0.3 is 11.8 Å². The molecule has 1 amide bonds. The van der Waals surface area contributed by atoms with E-state index in [-0.39, 0.29) is 17.8 Å². The lowest BCUT2D eigenvalue weighted by Crippen LogP contribution is -2.49. The van der Waals surface area contributed by atoms with Gasteiger partial charge in [0, 0.05) is 26.2 Å². The Balaban J connectivity index is 1.67. The zero-order valence-electron chi connectivity index (χ0n) is 15.3. The molecule has 1 fully saturated rings. The maximum Gasteiger partial charge on any atom is 0.409 e. The number of nitrogens with zero attached hydrogens (tertiary/aromatic N) is 6. The van der Waals surface area contributed by atoms with Crippen molar-refractivity contribution in [2.24, 2.45) is 0 Å². The van der Waals surface area contributed by atoms with Crippen LogP contribution >= 0.6 is 0 Å². The fourth-order valence-electron chi connectivity index (χ4n) is 2.89. The van der Waals surface area contributed by atoms with Crippen molar-refractivity contribution in [3.05, 3.63) is 35.1 Å². The van der Waals surface area contributed by atoms with Crippen molar-refractivity contribution in [3.63, 3.8) is 0 Å². The molecule has 1 aliphatic heterocycles. The van der Waals surface area contributed by atoms with Gasteiger partial charge in [-0.15, -0.1) is 0 Å². The normalized spacial score (nSPS) is 14.8. The van der Waals surface area contributed by atoms with Crippen molar-refractivity contribution in [2.45, 2.75) is 26.8 Å². The number of piperazine rings is 1. The van der Waals surface area contributed by atoms with Crippen LogP contribution in [0.3, 0.4) is 0 Å². The maximum atomic E-state index is 12.3. The average molecular weight is 360 g/mol. The van der Waals surface area contributed by atoms with Gasteiger partial charge in [0.25, 0.3) is 0 Å². The Morgan fingerprint density at radius 3 is 2.50 bits per heavy atom. The molecule has 0 unspecified atom stereocenters. The van der Waals surface area contributed by atoms with Crippen molar-refractivity contribution >= 4 is 11.9 Å². The molecule has 9 heteroatoms. The number of rotatable bonds is 4. The molecule has 26 heavy (non-hydrogen) atoms. The van der Waals surface area contributed by atoms with Gasteiger partial charge in [0.05, 0.1) is 24.5 Å². The van der Waals surface area contributed by atoms with E-state index in [1.807, 2.05) is 26.0 Å². The molecule has 0 N–H and O–H groups in total. The second kappa shape index (κ2) is 7.59. The van der Waals surface area contributed by atoms with Crippen LogP contribution in [-0.2, 0) is 4.74 Å². The number of carbonyl (C=O) groups is 1. The molecule has 0 aromatic carbocycles. The Morgan fingerprint density at radius 2 is 1.96 bits per heavy atom. The SMILES string of the molecule is CCOC(=O)N1CCN(c2ccc(-n3cnn(C(C)C)c3=O)cn2)CC1. The van der Waals surface area contributed by atoms with Crippen LogP contribution in [0.5, 0.6) is 0 Å². The first-order valence-corrected chi connectivity index (χ1v) is 8.80. The average Bonchev–Trinajstić information content (AvgIpc) is 3.04. The highest BCUT2D eigenvalue weighted by molar-refractivity contribution is 5.68. The number of anilines is 1. The van der Waals surface area contributed by atoms with Gasteiger partial charge in [0.1, 0.15) is 12.1 Å². The van der Waals surface area contributed by atoms with Gasteiger partial charge in [0.15, 0.2) is 0 Å². The van der Waals surface area contributed by atoms with Crippen LogP contribution in [0.1, 0.15) is 26.8 Å². The number of pyridine rings is 1. The first-order chi connectivity index (χ1) is 12.5. The Kier molecular flexibility index (Phi) is 5.24. The third-order valence-corrected chi connectivity index (χ3v) is 4.32. The van der Waals surface area contributed by atoms with Gasteiger partial charge in [-0.25, -0.2) is 23.8 Å². The van der Waals surface area contributed by atoms with Crippen LogP contribution in [-0.4, -0.2) is 63.1 Å². The fourth-order valence-corrected chi connectivity index (χ4v) is 2.89. The van der Waals surface area contributed by atoms with Crippen molar-refractivity contribution < 1.29 is 9.53 Å². The molecular formula is C17H24N6O3. The molecule has 0 saturated carbocycles. The number of hydrogen-bond acceptors (Lipinski definition) is 6. The predicted molar refractivity (Wildman–Crippen MR) is 96.8 cm³/mol. The molecule has 3 heterocycles. The summed E-state index contributed by atoms with van der Waals surface area (Å²) in [4.78, 5) is 32.4. The summed E-state index contributed by atoms with van der Waals surface area (Å²) in [5.41, 5.74) is 0.494. The summed E-state index contributed by atoms with van der Waals surface area (Å²) < 4.78 is 7.94. The van der Waals surface area contributed by atoms with Crippen molar-refractivity contribution in [2.75, 3.05) is 37.7 Å². The molecule has 0 radical (unpaired) electrons. The van der Waals surface area contributed by atoms with E-state index in [0.29, 0.717) is 38.5 Å². The predicted octanol–water partition coefficient (Wildman–Crippen LogP) is 1.29. The van der Waals surface area contributed by atoms with E-state index in [1.54, 1.807) is 18.0 Å². The maximum absolute atomic E-state index is 12.3. The summed E-state index contributed by atoms with van der Waals surface area (Å²) >= 11 is 0. The van der Waals surface area contributed by atoms with E-state index >= 15 is 0 Å². The van der Waals surface area contributed by atoms with Crippen LogP contribution in [0.4, 0.5) is 10.6 Å². The number of ether oxygens (including phenoxy) is 1. The van der Waals surface area contributed by atoms with Gasteiger partial charge in [-0.2, -0.15) is 5.10 Å². The highest BCUT2D eigenvalue weighted by atomic mass is 16.6. The minimum absolute atomic E-state index is 0.00618. The third-order valence-electron chi connectivity index (χ3n) is 4.32. The van der Waals surface area contributed by atoms with Crippen LogP contribution in [0, 0.1) is 0 Å². The zero-order chi connectivity index (χ0) is 18.7. The summed E-state index contributed by atoms with van der Waals surface area (Å²) in [6.45, 7) is 8.59. The Morgan fingerprint density at radius 1 is 1.23 bits per heavy atom. The number of hydrogen-bond donors (Lipinski definition) is 0. The monoisotopic (exact) mass is 360 g/mol. The van der Waals surface area contributed by atoms with Gasteiger partial charge < -0.3 is 14.5 Å². The molecule has 0 atom stereocenters. The van der Waals surface area contributed by atoms with Crippen LogP contribution in [0.15, 0.2) is 29.5 Å². The van der Waals surface area contributed by atoms with E-state index < -0.39 is 0 Å².